The van der Waals surface area contributed by atoms with Crippen molar-refractivity contribution in [2.45, 2.75) is 0 Å². The van der Waals surface area contributed by atoms with Crippen LogP contribution in [0.1, 0.15) is 0 Å². The van der Waals surface area contributed by atoms with Gasteiger partial charge in [0.05, 0.1) is 6.66 Å². The Bertz CT molecular complexity index is 1280. The number of fused-ring (bicyclic) bond motifs is 7. The van der Waals surface area contributed by atoms with Gasteiger partial charge in [0.25, 0.3) is 0 Å². The zero-order valence-electron chi connectivity index (χ0n) is 15.8. The van der Waals surface area contributed by atoms with Crippen LogP contribution in [0.3, 0.4) is 0 Å². The SMILES string of the molecule is C[P+]1(c2ccccc2)c2ccc3ccccc3c2-c2c1ccc1ccccc21. The first-order valence-corrected chi connectivity index (χ1v) is 12.0. The van der Waals surface area contributed by atoms with Crippen molar-refractivity contribution in [3.63, 3.8) is 0 Å². The number of rotatable bonds is 1. The molecular formula is C27H20P+. The smallest absolute Gasteiger partial charge is 0.0620 e. The second kappa shape index (κ2) is 5.77. The molecule has 0 amide bonds. The lowest BCUT2D eigenvalue weighted by atomic mass is 9.94. The summed E-state index contributed by atoms with van der Waals surface area (Å²) < 4.78 is 0. The molecule has 0 aromatic heterocycles. The summed E-state index contributed by atoms with van der Waals surface area (Å²) in [6.07, 6.45) is 0. The molecule has 1 heteroatoms. The molecule has 0 aliphatic carbocycles. The van der Waals surface area contributed by atoms with Crippen LogP contribution in [0.2, 0.25) is 0 Å². The first kappa shape index (κ1) is 16.0. The van der Waals surface area contributed by atoms with E-state index in [1.165, 1.54) is 48.6 Å². The fourth-order valence-corrected chi connectivity index (χ4v) is 8.61. The van der Waals surface area contributed by atoms with Crippen LogP contribution in [-0.4, -0.2) is 6.66 Å². The largest absolute Gasteiger partial charge is 0.113 e. The summed E-state index contributed by atoms with van der Waals surface area (Å²) >= 11 is 0. The highest BCUT2D eigenvalue weighted by molar-refractivity contribution is 7.96. The van der Waals surface area contributed by atoms with E-state index < -0.39 is 7.26 Å². The van der Waals surface area contributed by atoms with Crippen molar-refractivity contribution >= 4 is 44.7 Å². The van der Waals surface area contributed by atoms with Gasteiger partial charge in [-0.2, -0.15) is 0 Å². The number of benzene rings is 5. The van der Waals surface area contributed by atoms with Gasteiger partial charge in [-0.15, -0.1) is 0 Å². The predicted octanol–water partition coefficient (Wildman–Crippen LogP) is 5.90. The third kappa shape index (κ3) is 1.99. The summed E-state index contributed by atoms with van der Waals surface area (Å²) in [5.41, 5.74) is 2.90. The van der Waals surface area contributed by atoms with Gasteiger partial charge in [0, 0.05) is 11.1 Å². The van der Waals surface area contributed by atoms with Crippen LogP contribution in [-0.2, 0) is 0 Å². The Kier molecular flexibility index (Phi) is 3.31. The second-order valence-corrected chi connectivity index (χ2v) is 11.2. The normalized spacial score (nSPS) is 14.2. The van der Waals surface area contributed by atoms with E-state index >= 15 is 0 Å². The van der Waals surface area contributed by atoms with E-state index in [4.69, 9.17) is 0 Å². The standard InChI is InChI=1S/C27H20P/c1-28(21-11-3-2-4-12-21)24-17-15-19-9-5-7-13-22(19)26(24)27-23-14-8-6-10-20(23)16-18-25(27)28/h2-18H,1H3/q+1. The van der Waals surface area contributed by atoms with Crippen LogP contribution >= 0.6 is 7.26 Å². The average Bonchev–Trinajstić information content (AvgIpc) is 3.05. The predicted molar refractivity (Wildman–Crippen MR) is 125 cm³/mol. The van der Waals surface area contributed by atoms with Gasteiger partial charge in [0.15, 0.2) is 0 Å². The molecule has 0 spiro atoms. The summed E-state index contributed by atoms with van der Waals surface area (Å²) in [5, 5.41) is 9.88. The lowest BCUT2D eigenvalue weighted by Gasteiger charge is -2.19. The van der Waals surface area contributed by atoms with Gasteiger partial charge >= 0.3 is 0 Å². The van der Waals surface area contributed by atoms with Gasteiger partial charge in [-0.05, 0) is 45.8 Å². The fourth-order valence-electron chi connectivity index (χ4n) is 4.92. The minimum atomic E-state index is -1.66. The van der Waals surface area contributed by atoms with Crippen molar-refractivity contribution in [2.75, 3.05) is 6.66 Å². The van der Waals surface area contributed by atoms with E-state index in [0.717, 1.165) is 0 Å². The fraction of sp³-hybridized carbons (Fsp3) is 0.0370. The molecule has 5 aromatic rings. The molecule has 0 unspecified atom stereocenters. The summed E-state index contributed by atoms with van der Waals surface area (Å²) in [5.74, 6) is 0. The first-order valence-electron chi connectivity index (χ1n) is 9.75. The molecule has 0 bridgehead atoms. The van der Waals surface area contributed by atoms with E-state index in [9.17, 15) is 0 Å². The maximum absolute atomic E-state index is 2.50. The molecule has 5 aromatic carbocycles. The highest BCUT2D eigenvalue weighted by Crippen LogP contribution is 2.61. The zero-order valence-corrected chi connectivity index (χ0v) is 16.7. The van der Waals surface area contributed by atoms with E-state index in [0.29, 0.717) is 0 Å². The Hall–Kier alpha value is -2.95. The molecule has 28 heavy (non-hydrogen) atoms. The van der Waals surface area contributed by atoms with Gasteiger partial charge in [0.2, 0.25) is 0 Å². The van der Waals surface area contributed by atoms with Gasteiger partial charge in [-0.1, -0.05) is 78.9 Å². The Labute approximate surface area is 165 Å². The number of hydrogen-bond donors (Lipinski definition) is 0. The van der Waals surface area contributed by atoms with Crippen molar-refractivity contribution in [1.82, 2.24) is 0 Å². The average molecular weight is 375 g/mol. The summed E-state index contributed by atoms with van der Waals surface area (Å²) in [4.78, 5) is 0. The first-order chi connectivity index (χ1) is 13.8. The topological polar surface area (TPSA) is 0 Å². The highest BCUT2D eigenvalue weighted by Gasteiger charge is 2.50. The Morgan fingerprint density at radius 3 is 1.46 bits per heavy atom. The molecule has 6 rings (SSSR count). The van der Waals surface area contributed by atoms with Crippen LogP contribution in [0.4, 0.5) is 0 Å². The molecule has 0 nitrogen and oxygen atoms in total. The van der Waals surface area contributed by atoms with Crippen LogP contribution in [0.15, 0.2) is 103 Å². The maximum Gasteiger partial charge on any atom is 0.113 e. The van der Waals surface area contributed by atoms with E-state index in [2.05, 4.69) is 110 Å². The van der Waals surface area contributed by atoms with E-state index in [1.807, 2.05) is 0 Å². The maximum atomic E-state index is 2.50. The van der Waals surface area contributed by atoms with Crippen molar-refractivity contribution in [3.8, 4) is 11.1 Å². The van der Waals surface area contributed by atoms with Crippen molar-refractivity contribution in [3.05, 3.63) is 103 Å². The van der Waals surface area contributed by atoms with Crippen LogP contribution in [0.25, 0.3) is 32.7 Å². The lowest BCUT2D eigenvalue weighted by molar-refractivity contribution is 1.75. The molecule has 1 aliphatic rings. The van der Waals surface area contributed by atoms with E-state index in [1.54, 1.807) is 0 Å². The molecule has 0 fully saturated rings. The van der Waals surface area contributed by atoms with Gasteiger partial charge < -0.3 is 0 Å². The molecule has 0 saturated heterocycles. The third-order valence-corrected chi connectivity index (χ3v) is 10.3. The number of hydrogen-bond acceptors (Lipinski definition) is 0. The lowest BCUT2D eigenvalue weighted by Crippen LogP contribution is -2.26. The van der Waals surface area contributed by atoms with Crippen LogP contribution < -0.4 is 15.9 Å². The van der Waals surface area contributed by atoms with Crippen molar-refractivity contribution in [2.24, 2.45) is 0 Å². The molecule has 1 aliphatic heterocycles. The molecule has 0 radical (unpaired) electrons. The van der Waals surface area contributed by atoms with Crippen LogP contribution in [0.5, 0.6) is 0 Å². The van der Waals surface area contributed by atoms with Gasteiger partial charge in [-0.25, -0.2) is 0 Å². The zero-order chi connectivity index (χ0) is 18.7. The second-order valence-electron chi connectivity index (χ2n) is 7.70. The monoisotopic (exact) mass is 375 g/mol. The summed E-state index contributed by atoms with van der Waals surface area (Å²) in [7, 11) is -1.66. The molecular weight excluding hydrogens is 355 g/mol. The molecule has 1 heterocycles. The summed E-state index contributed by atoms with van der Waals surface area (Å²) in [6, 6.07) is 38.2. The molecule has 0 atom stereocenters. The molecule has 0 N–H and O–H groups in total. The van der Waals surface area contributed by atoms with E-state index in [-0.39, 0.29) is 0 Å². The highest BCUT2D eigenvalue weighted by atomic mass is 31.2. The van der Waals surface area contributed by atoms with Gasteiger partial charge in [-0.3, -0.25) is 0 Å². The minimum absolute atomic E-state index is 1.32. The Balaban J connectivity index is 1.85. The quantitative estimate of drug-likeness (QED) is 0.320. The summed E-state index contributed by atoms with van der Waals surface area (Å²) in [6.45, 7) is 2.50. The Morgan fingerprint density at radius 2 is 0.929 bits per heavy atom. The minimum Gasteiger partial charge on any atom is -0.0620 e. The molecule has 0 saturated carbocycles. The van der Waals surface area contributed by atoms with Crippen molar-refractivity contribution in [1.29, 1.82) is 0 Å². The van der Waals surface area contributed by atoms with Crippen LogP contribution in [0, 0.1) is 0 Å². The third-order valence-electron chi connectivity index (χ3n) is 6.30. The van der Waals surface area contributed by atoms with Crippen molar-refractivity contribution < 1.29 is 0 Å². The Morgan fingerprint density at radius 1 is 0.464 bits per heavy atom. The molecule has 132 valence electrons. The van der Waals surface area contributed by atoms with Gasteiger partial charge in [0.1, 0.15) is 23.2 Å².